The van der Waals surface area contributed by atoms with E-state index < -0.39 is 0 Å². The van der Waals surface area contributed by atoms with E-state index in [4.69, 9.17) is 17.2 Å². The number of nitrogens with two attached hydrogens (primary N) is 3. The number of guanidine groups is 2. The molecule has 0 saturated carbocycles. The second-order valence-electron chi connectivity index (χ2n) is 2.67. The molecule has 1 heterocycles. The van der Waals surface area contributed by atoms with Crippen molar-refractivity contribution in [2.24, 2.45) is 34.2 Å². The Morgan fingerprint density at radius 1 is 1.50 bits per heavy atom. The number of hydrogen-bond acceptors (Lipinski definition) is 2. The molecule has 0 atom stereocenters. The molecule has 0 bridgehead atoms. The van der Waals surface area contributed by atoms with Gasteiger partial charge in [0.2, 0.25) is 5.96 Å². The maximum Gasteiger partial charge on any atom is 0.218 e. The van der Waals surface area contributed by atoms with E-state index in [0.29, 0.717) is 6.54 Å². The van der Waals surface area contributed by atoms with Crippen molar-refractivity contribution < 1.29 is 0 Å². The SMILES string of the molecule is Cn1ccnc1CN=C(N)N=C(N)N. The van der Waals surface area contributed by atoms with Crippen molar-refractivity contribution in [3.8, 4) is 0 Å². The summed E-state index contributed by atoms with van der Waals surface area (Å²) in [6.45, 7) is 0.353. The molecule has 7 nitrogen and oxygen atoms in total. The number of hydrogen-bond donors (Lipinski definition) is 3. The van der Waals surface area contributed by atoms with Gasteiger partial charge in [-0.2, -0.15) is 4.99 Å². The predicted molar refractivity (Wildman–Crippen MR) is 54.3 cm³/mol. The average Bonchev–Trinajstić information content (AvgIpc) is 2.46. The summed E-state index contributed by atoms with van der Waals surface area (Å²) in [7, 11) is 1.87. The van der Waals surface area contributed by atoms with Crippen LogP contribution in [0.15, 0.2) is 22.4 Å². The Labute approximate surface area is 81.3 Å². The van der Waals surface area contributed by atoms with Gasteiger partial charge < -0.3 is 21.8 Å². The standard InChI is InChI=1S/C7H13N7/c1-14-3-2-11-5(14)4-12-7(10)13-6(8)9/h2-3H,4H2,1H3,(H6,8,9,10,12,13). The van der Waals surface area contributed by atoms with Crippen molar-refractivity contribution in [3.05, 3.63) is 18.2 Å². The van der Waals surface area contributed by atoms with Crippen molar-refractivity contribution in [2.75, 3.05) is 0 Å². The predicted octanol–water partition coefficient (Wildman–Crippen LogP) is -1.49. The van der Waals surface area contributed by atoms with E-state index in [9.17, 15) is 0 Å². The van der Waals surface area contributed by atoms with Gasteiger partial charge in [-0.05, 0) is 0 Å². The highest BCUT2D eigenvalue weighted by Crippen LogP contribution is 1.95. The van der Waals surface area contributed by atoms with Gasteiger partial charge in [0.25, 0.3) is 0 Å². The van der Waals surface area contributed by atoms with Crippen LogP contribution in [0.5, 0.6) is 0 Å². The largest absolute Gasteiger partial charge is 0.370 e. The van der Waals surface area contributed by atoms with Gasteiger partial charge in [0.05, 0.1) is 0 Å². The molecule has 1 aromatic heterocycles. The second-order valence-corrected chi connectivity index (χ2v) is 2.67. The summed E-state index contributed by atoms with van der Waals surface area (Å²) < 4.78 is 1.84. The Balaban J connectivity index is 2.64. The lowest BCUT2D eigenvalue weighted by atomic mass is 10.6. The van der Waals surface area contributed by atoms with Crippen LogP contribution >= 0.6 is 0 Å². The van der Waals surface area contributed by atoms with Crippen molar-refractivity contribution in [1.82, 2.24) is 9.55 Å². The van der Waals surface area contributed by atoms with E-state index in [1.54, 1.807) is 6.20 Å². The molecule has 0 aliphatic heterocycles. The molecule has 76 valence electrons. The van der Waals surface area contributed by atoms with Crippen LogP contribution in [0.4, 0.5) is 0 Å². The summed E-state index contributed by atoms with van der Waals surface area (Å²) >= 11 is 0. The molecule has 0 unspecified atom stereocenters. The number of imidazole rings is 1. The molecule has 0 spiro atoms. The minimum Gasteiger partial charge on any atom is -0.370 e. The minimum absolute atomic E-state index is 0.0491. The lowest BCUT2D eigenvalue weighted by Crippen LogP contribution is -2.26. The van der Waals surface area contributed by atoms with E-state index in [1.807, 2.05) is 17.8 Å². The van der Waals surface area contributed by atoms with E-state index >= 15 is 0 Å². The van der Waals surface area contributed by atoms with Crippen molar-refractivity contribution >= 4 is 11.9 Å². The maximum absolute atomic E-state index is 5.41. The average molecular weight is 195 g/mol. The summed E-state index contributed by atoms with van der Waals surface area (Å²) in [5.74, 6) is 0.734. The van der Waals surface area contributed by atoms with E-state index in [0.717, 1.165) is 5.82 Å². The van der Waals surface area contributed by atoms with Gasteiger partial charge in [-0.15, -0.1) is 0 Å². The van der Waals surface area contributed by atoms with Gasteiger partial charge in [0.1, 0.15) is 12.4 Å². The Bertz CT molecular complexity index is 358. The monoisotopic (exact) mass is 195 g/mol. The highest BCUT2D eigenvalue weighted by atomic mass is 15.1. The highest BCUT2D eigenvalue weighted by Gasteiger charge is 1.97. The highest BCUT2D eigenvalue weighted by molar-refractivity contribution is 5.92. The summed E-state index contributed by atoms with van der Waals surface area (Å²) in [5, 5.41) is 0. The number of aliphatic imine (C=N–C) groups is 2. The fourth-order valence-corrected chi connectivity index (χ4v) is 0.868. The quantitative estimate of drug-likeness (QED) is 0.393. The Hall–Kier alpha value is -2.05. The zero-order chi connectivity index (χ0) is 10.6. The normalized spacial score (nSPS) is 11.4. The molecule has 14 heavy (non-hydrogen) atoms. The molecule has 0 aliphatic rings. The summed E-state index contributed by atoms with van der Waals surface area (Å²) in [6, 6.07) is 0. The van der Waals surface area contributed by atoms with Crippen LogP contribution in [-0.4, -0.2) is 21.5 Å². The van der Waals surface area contributed by atoms with Crippen LogP contribution in [0.3, 0.4) is 0 Å². The molecule has 0 radical (unpaired) electrons. The Morgan fingerprint density at radius 2 is 2.21 bits per heavy atom. The van der Waals surface area contributed by atoms with Gasteiger partial charge >= 0.3 is 0 Å². The molecule has 0 aliphatic carbocycles. The van der Waals surface area contributed by atoms with Gasteiger partial charge in [-0.3, -0.25) is 0 Å². The van der Waals surface area contributed by atoms with Crippen molar-refractivity contribution in [3.63, 3.8) is 0 Å². The zero-order valence-electron chi connectivity index (χ0n) is 7.88. The second kappa shape index (κ2) is 4.26. The number of nitrogens with zero attached hydrogens (tertiary/aromatic N) is 4. The van der Waals surface area contributed by atoms with Crippen LogP contribution < -0.4 is 17.2 Å². The molecule has 0 saturated heterocycles. The summed E-state index contributed by atoms with van der Waals surface area (Å²) in [5.41, 5.74) is 15.6. The number of aromatic nitrogens is 2. The fraction of sp³-hybridized carbons (Fsp3) is 0.286. The Morgan fingerprint density at radius 3 is 2.71 bits per heavy atom. The summed E-state index contributed by atoms with van der Waals surface area (Å²) in [6.07, 6.45) is 3.50. The van der Waals surface area contributed by atoms with Gasteiger partial charge in [-0.25, -0.2) is 9.98 Å². The molecule has 0 fully saturated rings. The van der Waals surface area contributed by atoms with Crippen molar-refractivity contribution in [1.29, 1.82) is 0 Å². The zero-order valence-corrected chi connectivity index (χ0v) is 7.88. The maximum atomic E-state index is 5.41. The van der Waals surface area contributed by atoms with Gasteiger partial charge in [0, 0.05) is 19.4 Å². The summed E-state index contributed by atoms with van der Waals surface area (Å²) in [4.78, 5) is 11.6. The molecule has 0 amide bonds. The third-order valence-corrected chi connectivity index (χ3v) is 1.55. The molecular weight excluding hydrogens is 182 g/mol. The topological polar surface area (TPSA) is 121 Å². The Kier molecular flexibility index (Phi) is 3.05. The molecule has 6 N–H and O–H groups in total. The first-order valence-corrected chi connectivity index (χ1v) is 3.95. The number of aryl methyl sites for hydroxylation is 1. The first kappa shape index (κ1) is 10.0. The molecule has 7 heteroatoms. The van der Waals surface area contributed by atoms with Crippen LogP contribution in [-0.2, 0) is 13.6 Å². The molecule has 1 aromatic rings. The fourth-order valence-electron chi connectivity index (χ4n) is 0.868. The van der Waals surface area contributed by atoms with Crippen molar-refractivity contribution in [2.45, 2.75) is 6.54 Å². The van der Waals surface area contributed by atoms with Crippen LogP contribution in [0.2, 0.25) is 0 Å². The molecule has 1 rings (SSSR count). The van der Waals surface area contributed by atoms with E-state index in [2.05, 4.69) is 15.0 Å². The van der Waals surface area contributed by atoms with Crippen LogP contribution in [0.25, 0.3) is 0 Å². The van der Waals surface area contributed by atoms with Gasteiger partial charge in [0.15, 0.2) is 5.96 Å². The van der Waals surface area contributed by atoms with E-state index in [-0.39, 0.29) is 11.9 Å². The van der Waals surface area contributed by atoms with Gasteiger partial charge in [-0.1, -0.05) is 0 Å². The molecule has 0 aromatic carbocycles. The third kappa shape index (κ3) is 2.77. The number of rotatable bonds is 2. The van der Waals surface area contributed by atoms with E-state index in [1.165, 1.54) is 0 Å². The lowest BCUT2D eigenvalue weighted by molar-refractivity contribution is 0.793. The first-order chi connectivity index (χ1) is 6.59. The molecular formula is C7H13N7. The smallest absolute Gasteiger partial charge is 0.218 e. The first-order valence-electron chi connectivity index (χ1n) is 3.95. The van der Waals surface area contributed by atoms with Crippen LogP contribution in [0.1, 0.15) is 5.82 Å². The third-order valence-electron chi connectivity index (χ3n) is 1.55. The van der Waals surface area contributed by atoms with Crippen LogP contribution in [0, 0.1) is 0 Å². The lowest BCUT2D eigenvalue weighted by Gasteiger charge is -1.97. The minimum atomic E-state index is -0.105.